The summed E-state index contributed by atoms with van der Waals surface area (Å²) in [5, 5.41) is 7.73. The smallest absolute Gasteiger partial charge is 0.338 e. The molecule has 0 unspecified atom stereocenters. The third-order valence-corrected chi connectivity index (χ3v) is 5.40. The molecule has 1 N–H and O–H groups in total. The van der Waals surface area contributed by atoms with Crippen molar-refractivity contribution in [2.45, 2.75) is 58.9 Å². The Hall–Kier alpha value is -2.67. The molecule has 1 aromatic heterocycles. The summed E-state index contributed by atoms with van der Waals surface area (Å²) in [6.45, 7) is 7.01. The molecule has 1 aromatic carbocycles. The summed E-state index contributed by atoms with van der Waals surface area (Å²) < 4.78 is 13.0. The van der Waals surface area contributed by atoms with Crippen LogP contribution in [0, 0.1) is 6.92 Å². The molecule has 31 heavy (non-hydrogen) atoms. The van der Waals surface area contributed by atoms with E-state index in [-0.39, 0.29) is 11.9 Å². The van der Waals surface area contributed by atoms with E-state index in [1.54, 1.807) is 6.07 Å². The zero-order valence-electron chi connectivity index (χ0n) is 18.6. The molecule has 0 radical (unpaired) electrons. The van der Waals surface area contributed by atoms with E-state index in [4.69, 9.17) is 14.6 Å². The lowest BCUT2D eigenvalue weighted by Crippen LogP contribution is -2.26. The lowest BCUT2D eigenvalue weighted by molar-refractivity contribution is 0.0496. The van der Waals surface area contributed by atoms with Crippen molar-refractivity contribution in [3.63, 3.8) is 0 Å². The fourth-order valence-electron chi connectivity index (χ4n) is 3.79. The fraction of sp³-hybridized carbons (Fsp3) is 0.542. The minimum atomic E-state index is -0.291. The van der Waals surface area contributed by atoms with E-state index in [9.17, 15) is 9.59 Å². The van der Waals surface area contributed by atoms with Crippen LogP contribution in [0.2, 0.25) is 0 Å². The molecule has 0 aliphatic carbocycles. The molecule has 7 heteroatoms. The second kappa shape index (κ2) is 11.6. The molecule has 2 heterocycles. The van der Waals surface area contributed by atoms with Crippen molar-refractivity contribution in [1.29, 1.82) is 0 Å². The Kier molecular flexibility index (Phi) is 8.64. The number of unbranched alkanes of at least 4 members (excludes halogenated alkanes) is 1. The van der Waals surface area contributed by atoms with Crippen LogP contribution >= 0.6 is 0 Å². The summed E-state index contributed by atoms with van der Waals surface area (Å²) in [6.07, 6.45) is 4.71. The van der Waals surface area contributed by atoms with Gasteiger partial charge in [0.1, 0.15) is 0 Å². The van der Waals surface area contributed by atoms with E-state index in [1.165, 1.54) is 0 Å². The van der Waals surface area contributed by atoms with E-state index < -0.39 is 0 Å². The van der Waals surface area contributed by atoms with Gasteiger partial charge in [0.15, 0.2) is 0 Å². The Morgan fingerprint density at radius 2 is 2.10 bits per heavy atom. The molecule has 0 fully saturated rings. The molecule has 7 nitrogen and oxygen atoms in total. The number of fused-ring (bicyclic) bond motifs is 1. The van der Waals surface area contributed by atoms with Crippen molar-refractivity contribution in [2.75, 3.05) is 26.4 Å². The molecule has 0 atom stereocenters. The monoisotopic (exact) mass is 427 g/mol. The molecule has 2 aromatic rings. The second-order valence-corrected chi connectivity index (χ2v) is 7.88. The summed E-state index contributed by atoms with van der Waals surface area (Å²) in [5.74, 6) is -0.326. The van der Waals surface area contributed by atoms with Crippen molar-refractivity contribution in [3.8, 4) is 0 Å². The van der Waals surface area contributed by atoms with E-state index in [2.05, 4.69) is 5.32 Å². The molecule has 0 spiro atoms. The first kappa shape index (κ1) is 23.0. The molecular formula is C24H33N3O4. The first-order chi connectivity index (χ1) is 15.1. The highest BCUT2D eigenvalue weighted by Crippen LogP contribution is 2.19. The quantitative estimate of drug-likeness (QED) is 0.540. The second-order valence-electron chi connectivity index (χ2n) is 7.88. The topological polar surface area (TPSA) is 82.5 Å². The van der Waals surface area contributed by atoms with Crippen LogP contribution in [0.3, 0.4) is 0 Å². The summed E-state index contributed by atoms with van der Waals surface area (Å²) in [5.41, 5.74) is 4.18. The van der Waals surface area contributed by atoms with Crippen LogP contribution in [0.15, 0.2) is 24.3 Å². The van der Waals surface area contributed by atoms with Gasteiger partial charge in [-0.05, 0) is 57.6 Å². The zero-order valence-corrected chi connectivity index (χ0v) is 18.6. The SMILES string of the molecule is CCc1nn(CCCCOC(=O)c2cccc(C)c2)c2c1C(=O)NCCCOCCC2. The predicted octanol–water partition coefficient (Wildman–Crippen LogP) is 3.47. The molecule has 1 aliphatic rings. The highest BCUT2D eigenvalue weighted by atomic mass is 16.5. The molecule has 0 saturated carbocycles. The van der Waals surface area contributed by atoms with Crippen LogP contribution in [-0.2, 0) is 28.9 Å². The number of amides is 1. The van der Waals surface area contributed by atoms with Crippen LogP contribution in [0.5, 0.6) is 0 Å². The number of rotatable bonds is 7. The number of ether oxygens (including phenoxy) is 2. The number of carbonyl (C=O) groups is 2. The van der Waals surface area contributed by atoms with Crippen molar-refractivity contribution in [3.05, 3.63) is 52.3 Å². The minimum absolute atomic E-state index is 0.0351. The number of carbonyl (C=O) groups excluding carboxylic acids is 2. The third-order valence-electron chi connectivity index (χ3n) is 5.40. The standard InChI is InChI=1S/C24H33N3O4/c1-3-20-22-21(11-7-14-30-15-8-12-25-23(22)28)27(26-20)13-4-5-16-31-24(29)19-10-6-9-18(2)17-19/h6,9-10,17H,3-5,7-8,11-16H2,1-2H3,(H,25,28). The highest BCUT2D eigenvalue weighted by Gasteiger charge is 2.22. The Labute approximate surface area is 184 Å². The van der Waals surface area contributed by atoms with Crippen molar-refractivity contribution in [2.24, 2.45) is 0 Å². The van der Waals surface area contributed by atoms with E-state index in [1.807, 2.05) is 36.7 Å². The molecule has 1 amide bonds. The Morgan fingerprint density at radius 1 is 1.26 bits per heavy atom. The van der Waals surface area contributed by atoms with Gasteiger partial charge in [0.25, 0.3) is 5.91 Å². The summed E-state index contributed by atoms with van der Waals surface area (Å²) in [7, 11) is 0. The van der Waals surface area contributed by atoms with Gasteiger partial charge in [0.05, 0.1) is 29.1 Å². The van der Waals surface area contributed by atoms with Gasteiger partial charge in [0.2, 0.25) is 0 Å². The lowest BCUT2D eigenvalue weighted by Gasteiger charge is -2.10. The maximum absolute atomic E-state index is 12.8. The van der Waals surface area contributed by atoms with Gasteiger partial charge in [0, 0.05) is 26.3 Å². The van der Waals surface area contributed by atoms with Gasteiger partial charge in [-0.2, -0.15) is 5.10 Å². The predicted molar refractivity (Wildman–Crippen MR) is 118 cm³/mol. The number of aryl methyl sites for hydroxylation is 3. The lowest BCUT2D eigenvalue weighted by atomic mass is 10.1. The van der Waals surface area contributed by atoms with Gasteiger partial charge in [-0.25, -0.2) is 4.79 Å². The Balaban J connectivity index is 1.58. The van der Waals surface area contributed by atoms with Crippen molar-refractivity contribution < 1.29 is 19.1 Å². The number of benzene rings is 1. The molecule has 3 rings (SSSR count). The Morgan fingerprint density at radius 3 is 2.90 bits per heavy atom. The molecule has 168 valence electrons. The van der Waals surface area contributed by atoms with Gasteiger partial charge in [-0.1, -0.05) is 24.6 Å². The number of esters is 1. The van der Waals surface area contributed by atoms with E-state index in [0.29, 0.717) is 44.9 Å². The van der Waals surface area contributed by atoms with E-state index in [0.717, 1.165) is 54.6 Å². The van der Waals surface area contributed by atoms with E-state index >= 15 is 0 Å². The molecular weight excluding hydrogens is 394 g/mol. The number of hydrogen-bond acceptors (Lipinski definition) is 5. The van der Waals surface area contributed by atoms with Crippen molar-refractivity contribution in [1.82, 2.24) is 15.1 Å². The van der Waals surface area contributed by atoms with Gasteiger partial charge in [-0.15, -0.1) is 0 Å². The zero-order chi connectivity index (χ0) is 22.1. The van der Waals surface area contributed by atoms with Gasteiger partial charge >= 0.3 is 5.97 Å². The largest absolute Gasteiger partial charge is 0.462 e. The maximum Gasteiger partial charge on any atom is 0.338 e. The number of hydrogen-bond donors (Lipinski definition) is 1. The van der Waals surface area contributed by atoms with Crippen LogP contribution in [0.4, 0.5) is 0 Å². The number of nitrogens with one attached hydrogen (secondary N) is 1. The third kappa shape index (κ3) is 6.40. The summed E-state index contributed by atoms with van der Waals surface area (Å²) in [4.78, 5) is 24.9. The van der Waals surface area contributed by atoms with Crippen LogP contribution < -0.4 is 5.32 Å². The molecule has 1 aliphatic heterocycles. The Bertz CT molecular complexity index is 891. The summed E-state index contributed by atoms with van der Waals surface area (Å²) >= 11 is 0. The van der Waals surface area contributed by atoms with Crippen LogP contribution in [-0.4, -0.2) is 48.0 Å². The highest BCUT2D eigenvalue weighted by molar-refractivity contribution is 5.96. The normalized spacial score (nSPS) is 15.0. The fourth-order valence-corrected chi connectivity index (χ4v) is 3.79. The first-order valence-electron chi connectivity index (χ1n) is 11.3. The van der Waals surface area contributed by atoms with Gasteiger partial charge < -0.3 is 14.8 Å². The maximum atomic E-state index is 12.8. The average Bonchev–Trinajstić information content (AvgIpc) is 3.10. The molecule has 0 bridgehead atoms. The number of nitrogens with zero attached hydrogens (tertiary/aromatic N) is 2. The number of aromatic nitrogens is 2. The average molecular weight is 428 g/mol. The van der Waals surface area contributed by atoms with Crippen LogP contribution in [0.1, 0.15) is 70.3 Å². The van der Waals surface area contributed by atoms with Crippen molar-refractivity contribution >= 4 is 11.9 Å². The minimum Gasteiger partial charge on any atom is -0.462 e. The first-order valence-corrected chi connectivity index (χ1v) is 11.3. The van der Waals surface area contributed by atoms with Gasteiger partial charge in [-0.3, -0.25) is 9.48 Å². The van der Waals surface area contributed by atoms with Crippen LogP contribution in [0.25, 0.3) is 0 Å². The molecule has 0 saturated heterocycles. The summed E-state index contributed by atoms with van der Waals surface area (Å²) in [6, 6.07) is 7.41.